The van der Waals surface area contributed by atoms with Gasteiger partial charge in [-0.05, 0) is 86.0 Å². The fourth-order valence-electron chi connectivity index (χ4n) is 9.47. The Kier molecular flexibility index (Phi) is 5.91. The predicted molar refractivity (Wildman–Crippen MR) is 132 cm³/mol. The minimum Gasteiger partial charge on any atom is -0.458 e. The van der Waals surface area contributed by atoms with Gasteiger partial charge in [0.2, 0.25) is 5.91 Å². The Bertz CT molecular complexity index is 1030. The van der Waals surface area contributed by atoms with Crippen LogP contribution in [0.5, 0.6) is 0 Å². The van der Waals surface area contributed by atoms with Crippen molar-refractivity contribution >= 4 is 18.0 Å². The van der Waals surface area contributed by atoms with Crippen molar-refractivity contribution in [1.82, 2.24) is 10.2 Å². The summed E-state index contributed by atoms with van der Waals surface area (Å²) in [6, 6.07) is 0. The van der Waals surface area contributed by atoms with Crippen LogP contribution >= 0.6 is 0 Å². The van der Waals surface area contributed by atoms with Crippen LogP contribution in [0.2, 0.25) is 0 Å². The van der Waals surface area contributed by atoms with Crippen molar-refractivity contribution in [2.75, 3.05) is 26.2 Å². The normalized spacial score (nSPS) is 47.2. The molecule has 1 saturated heterocycles. The quantitative estimate of drug-likeness (QED) is 0.480. The summed E-state index contributed by atoms with van der Waals surface area (Å²) in [5, 5.41) is 26.7. The maximum Gasteiger partial charge on any atom is 0.410 e. The maximum atomic E-state index is 12.7. The number of cyclic esters (lactones) is 1. The van der Waals surface area contributed by atoms with Gasteiger partial charge < -0.3 is 25.0 Å². The van der Waals surface area contributed by atoms with Crippen LogP contribution < -0.4 is 5.32 Å². The molecule has 0 radical (unpaired) electrons. The van der Waals surface area contributed by atoms with Crippen LogP contribution in [0.3, 0.4) is 0 Å². The Morgan fingerprint density at radius 3 is 2.68 bits per heavy atom. The van der Waals surface area contributed by atoms with Gasteiger partial charge in [0, 0.05) is 24.6 Å². The number of nitrogens with one attached hydrogen (secondary N) is 1. The average molecular weight is 517 g/mol. The average Bonchev–Trinajstić information content (AvgIpc) is 3.41. The first kappa shape index (κ1) is 25.2. The zero-order chi connectivity index (χ0) is 26.2. The largest absolute Gasteiger partial charge is 0.458 e. The second-order valence-electron chi connectivity index (χ2n) is 12.9. The summed E-state index contributed by atoms with van der Waals surface area (Å²) in [6.07, 6.45) is 6.61. The van der Waals surface area contributed by atoms with Gasteiger partial charge in [0.1, 0.15) is 19.3 Å². The summed E-state index contributed by atoms with van der Waals surface area (Å²) in [6.45, 7) is 5.57. The number of amides is 2. The molecule has 4 saturated carbocycles. The second-order valence-corrected chi connectivity index (χ2v) is 12.9. The molecule has 3 N–H and O–H groups in total. The lowest BCUT2D eigenvalue weighted by molar-refractivity contribution is -0.245. The molecule has 0 aromatic carbocycles. The van der Waals surface area contributed by atoms with Crippen molar-refractivity contribution < 1.29 is 34.1 Å². The van der Waals surface area contributed by atoms with E-state index in [0.717, 1.165) is 44.1 Å². The molecule has 5 fully saturated rings. The summed E-state index contributed by atoms with van der Waals surface area (Å²) < 4.78 is 11.1. The van der Waals surface area contributed by atoms with Gasteiger partial charge in [-0.25, -0.2) is 9.59 Å². The van der Waals surface area contributed by atoms with Gasteiger partial charge in [-0.3, -0.25) is 9.69 Å². The number of nitrogens with zero attached hydrogens (tertiary/aromatic N) is 1. The topological polar surface area (TPSA) is 125 Å². The van der Waals surface area contributed by atoms with E-state index in [1.807, 2.05) is 6.92 Å². The number of carbonyl (C=O) groups excluding carboxylic acids is 3. The van der Waals surface area contributed by atoms with E-state index in [-0.39, 0.29) is 54.3 Å². The Morgan fingerprint density at radius 1 is 1.14 bits per heavy atom. The van der Waals surface area contributed by atoms with Crippen molar-refractivity contribution in [3.8, 4) is 0 Å². The molecule has 37 heavy (non-hydrogen) atoms. The zero-order valence-electron chi connectivity index (χ0n) is 21.9. The molecule has 4 aliphatic carbocycles. The minimum atomic E-state index is -0.987. The van der Waals surface area contributed by atoms with E-state index >= 15 is 0 Å². The monoisotopic (exact) mass is 516 g/mol. The van der Waals surface area contributed by atoms with Crippen molar-refractivity contribution in [3.63, 3.8) is 0 Å². The molecule has 2 amide bonds. The number of ether oxygens (including phenoxy) is 2. The molecule has 0 bridgehead atoms. The second kappa shape index (κ2) is 8.70. The molecule has 0 aromatic rings. The van der Waals surface area contributed by atoms with Crippen LogP contribution in [0.4, 0.5) is 4.79 Å². The number of hydrogen-bond acceptors (Lipinski definition) is 7. The van der Waals surface area contributed by atoms with Gasteiger partial charge in [0.15, 0.2) is 0 Å². The van der Waals surface area contributed by atoms with E-state index in [4.69, 9.17) is 9.47 Å². The van der Waals surface area contributed by atoms with Gasteiger partial charge in [-0.15, -0.1) is 0 Å². The lowest BCUT2D eigenvalue weighted by Crippen LogP contribution is -2.67. The van der Waals surface area contributed by atoms with Crippen LogP contribution in [0.1, 0.15) is 65.2 Å². The summed E-state index contributed by atoms with van der Waals surface area (Å²) in [5.41, 5.74) is -0.823. The zero-order valence-corrected chi connectivity index (χ0v) is 21.9. The predicted octanol–water partition coefficient (Wildman–Crippen LogP) is 2.15. The molecule has 0 aromatic heterocycles. The molecule has 6 aliphatic rings. The number of carbonyl (C=O) groups is 3. The highest BCUT2D eigenvalue weighted by atomic mass is 16.6. The molecule has 6 rings (SSSR count). The molecule has 9 nitrogen and oxygen atoms in total. The van der Waals surface area contributed by atoms with E-state index in [2.05, 4.69) is 12.2 Å². The lowest BCUT2D eigenvalue weighted by atomic mass is 9.42. The highest BCUT2D eigenvalue weighted by Gasteiger charge is 2.70. The Hall–Kier alpha value is -2.13. The van der Waals surface area contributed by atoms with Crippen LogP contribution in [0.15, 0.2) is 11.6 Å². The van der Waals surface area contributed by atoms with Gasteiger partial charge in [0.05, 0.1) is 11.7 Å². The summed E-state index contributed by atoms with van der Waals surface area (Å²) in [7, 11) is 0. The standard InChI is InChI=1S/C28H40N2O7/c1-26-7-5-18(37-25(34)30-10-9-29-23(32)14-30)12-17(26)3-4-20-21(26)13-22(31)27(2)19(6-8-28(20,27)35)16-11-24(33)36-15-16/h11,17-22,31,35H,3-10,12-15H2,1-2H3,(H,29,32)/t17-,18+,19-,20-,21+,22-,26+,27+,28+/m1/s1. The number of hydrogen-bond donors (Lipinski definition) is 3. The fourth-order valence-corrected chi connectivity index (χ4v) is 9.47. The number of esters is 1. The molecule has 2 aliphatic heterocycles. The third-order valence-corrected chi connectivity index (χ3v) is 11.6. The molecular formula is C28H40N2O7. The number of rotatable bonds is 2. The van der Waals surface area contributed by atoms with Crippen molar-refractivity contribution in [2.45, 2.75) is 83.0 Å². The number of piperazine rings is 1. The third-order valence-electron chi connectivity index (χ3n) is 11.6. The van der Waals surface area contributed by atoms with Gasteiger partial charge in [-0.1, -0.05) is 13.8 Å². The Labute approximate surface area is 217 Å². The highest BCUT2D eigenvalue weighted by Crippen LogP contribution is 2.70. The Morgan fingerprint density at radius 2 is 1.95 bits per heavy atom. The first-order valence-corrected chi connectivity index (χ1v) is 14.1. The molecular weight excluding hydrogens is 476 g/mol. The van der Waals surface area contributed by atoms with Crippen molar-refractivity contribution in [2.24, 2.45) is 34.5 Å². The van der Waals surface area contributed by atoms with Gasteiger partial charge in [0.25, 0.3) is 0 Å². The third kappa shape index (κ3) is 3.67. The van der Waals surface area contributed by atoms with Crippen molar-refractivity contribution in [1.29, 1.82) is 0 Å². The van der Waals surface area contributed by atoms with Crippen LogP contribution in [0, 0.1) is 34.5 Å². The highest BCUT2D eigenvalue weighted by molar-refractivity contribution is 5.85. The summed E-state index contributed by atoms with van der Waals surface area (Å²) >= 11 is 0. The fraction of sp³-hybridized carbons (Fsp3) is 0.821. The van der Waals surface area contributed by atoms with Gasteiger partial charge >= 0.3 is 12.1 Å². The van der Waals surface area contributed by atoms with E-state index in [1.54, 1.807) is 6.08 Å². The molecule has 204 valence electrons. The Balaban J connectivity index is 1.18. The SMILES string of the molecule is C[C@]12CC[C@H](OC(=O)N3CCNC(=O)C3)C[C@H]1CC[C@@H]1[C@@H]2C[C@@H](O)[C@]2(C)[C@@H](C3=CC(=O)OC3)CC[C@]12O. The molecule has 9 heteroatoms. The van der Waals surface area contributed by atoms with Crippen molar-refractivity contribution in [3.05, 3.63) is 11.6 Å². The molecule has 0 spiro atoms. The van der Waals surface area contributed by atoms with Crippen LogP contribution in [-0.4, -0.2) is 77.1 Å². The van der Waals surface area contributed by atoms with Gasteiger partial charge in [-0.2, -0.15) is 0 Å². The maximum absolute atomic E-state index is 12.7. The smallest absolute Gasteiger partial charge is 0.410 e. The summed E-state index contributed by atoms with van der Waals surface area (Å²) in [4.78, 5) is 37.6. The molecule has 9 atom stereocenters. The van der Waals surface area contributed by atoms with Crippen LogP contribution in [-0.2, 0) is 19.1 Å². The first-order valence-electron chi connectivity index (χ1n) is 14.1. The number of fused-ring (bicyclic) bond motifs is 5. The molecule has 0 unspecified atom stereocenters. The van der Waals surface area contributed by atoms with E-state index in [1.165, 1.54) is 4.90 Å². The van der Waals surface area contributed by atoms with E-state index in [0.29, 0.717) is 31.8 Å². The van der Waals surface area contributed by atoms with E-state index < -0.39 is 23.2 Å². The summed E-state index contributed by atoms with van der Waals surface area (Å²) in [5.74, 6) is 0.0956. The van der Waals surface area contributed by atoms with E-state index in [9.17, 15) is 24.6 Å². The first-order chi connectivity index (χ1) is 17.6. The number of aliphatic hydroxyl groups excluding tert-OH is 1. The number of aliphatic hydroxyl groups is 2. The minimum absolute atomic E-state index is 0.0430. The molecule has 2 heterocycles. The van der Waals surface area contributed by atoms with Crippen LogP contribution in [0.25, 0.3) is 0 Å². The lowest BCUT2D eigenvalue weighted by Gasteiger charge is -2.65.